The van der Waals surface area contributed by atoms with Crippen LogP contribution in [0.3, 0.4) is 0 Å². The van der Waals surface area contributed by atoms with Gasteiger partial charge in [-0.25, -0.2) is 4.79 Å². The summed E-state index contributed by atoms with van der Waals surface area (Å²) < 4.78 is 6.54. The molecule has 26 heavy (non-hydrogen) atoms. The minimum atomic E-state index is -0.260. The molecule has 2 rings (SSSR count). The van der Waals surface area contributed by atoms with Crippen molar-refractivity contribution in [2.45, 2.75) is 19.9 Å². The first-order chi connectivity index (χ1) is 12.5. The monoisotopic (exact) mass is 419 g/mol. The molecular weight excluding hydrogens is 398 g/mol. The van der Waals surface area contributed by atoms with Gasteiger partial charge in [-0.1, -0.05) is 40.2 Å². The van der Waals surface area contributed by atoms with Crippen LogP contribution in [0.25, 0.3) is 0 Å². The summed E-state index contributed by atoms with van der Waals surface area (Å²) in [6.45, 7) is 4.05. The Morgan fingerprint density at radius 2 is 1.92 bits per heavy atom. The second kappa shape index (κ2) is 9.82. The molecule has 0 aromatic heterocycles. The largest absolute Gasteiger partial charge is 0.492 e. The number of amides is 3. The number of carbonyl (C=O) groups is 2. The highest BCUT2D eigenvalue weighted by atomic mass is 79.9. The van der Waals surface area contributed by atoms with Crippen molar-refractivity contribution < 1.29 is 14.3 Å². The molecule has 138 valence electrons. The highest BCUT2D eigenvalue weighted by Gasteiger charge is 2.11. The number of urea groups is 1. The van der Waals surface area contributed by atoms with Crippen LogP contribution in [-0.4, -0.2) is 25.1 Å². The van der Waals surface area contributed by atoms with E-state index in [2.05, 4.69) is 31.9 Å². The van der Waals surface area contributed by atoms with Gasteiger partial charge in [-0.15, -0.1) is 0 Å². The second-order valence-corrected chi connectivity index (χ2v) is 6.56. The lowest BCUT2D eigenvalue weighted by Gasteiger charge is -2.16. The number of anilines is 1. The summed E-state index contributed by atoms with van der Waals surface area (Å²) in [6.07, 6.45) is 0. The van der Waals surface area contributed by atoms with Gasteiger partial charge in [-0.3, -0.25) is 4.79 Å². The Bertz CT molecular complexity index is 767. The van der Waals surface area contributed by atoms with Gasteiger partial charge >= 0.3 is 6.03 Å². The van der Waals surface area contributed by atoms with Crippen LogP contribution in [0.4, 0.5) is 10.5 Å². The first-order valence-corrected chi connectivity index (χ1v) is 9.04. The maximum Gasteiger partial charge on any atom is 0.315 e. The topological polar surface area (TPSA) is 79.5 Å². The first-order valence-electron chi connectivity index (χ1n) is 8.25. The molecule has 0 saturated carbocycles. The molecule has 6 nitrogen and oxygen atoms in total. The van der Waals surface area contributed by atoms with Crippen LogP contribution >= 0.6 is 15.9 Å². The SMILES string of the molecule is CC(=O)Nc1cccc(OCCNC(=O)NC(C)c2ccccc2Br)c1. The van der Waals surface area contributed by atoms with Crippen molar-refractivity contribution in [3.63, 3.8) is 0 Å². The average Bonchev–Trinajstić information content (AvgIpc) is 2.59. The zero-order chi connectivity index (χ0) is 18.9. The zero-order valence-corrected chi connectivity index (χ0v) is 16.3. The standard InChI is InChI=1S/C19H22BrN3O3/c1-13(17-8-3-4-9-18(17)20)22-19(25)21-10-11-26-16-7-5-6-15(12-16)23-14(2)24/h3-9,12-13H,10-11H2,1-2H3,(H,23,24)(H2,21,22,25). The van der Waals surface area contributed by atoms with Gasteiger partial charge < -0.3 is 20.7 Å². The van der Waals surface area contributed by atoms with Crippen molar-refractivity contribution in [2.24, 2.45) is 0 Å². The summed E-state index contributed by atoms with van der Waals surface area (Å²) in [6, 6.07) is 14.5. The number of carbonyl (C=O) groups excluding carboxylic acids is 2. The molecule has 0 aliphatic carbocycles. The van der Waals surface area contributed by atoms with Crippen molar-refractivity contribution in [1.29, 1.82) is 0 Å². The van der Waals surface area contributed by atoms with Crippen molar-refractivity contribution in [3.05, 3.63) is 58.6 Å². The zero-order valence-electron chi connectivity index (χ0n) is 14.7. The molecule has 1 atom stereocenters. The molecule has 0 heterocycles. The molecule has 3 amide bonds. The number of hydrogen-bond donors (Lipinski definition) is 3. The van der Waals surface area contributed by atoms with Gasteiger partial charge in [0.05, 0.1) is 12.6 Å². The van der Waals surface area contributed by atoms with Crippen LogP contribution in [-0.2, 0) is 4.79 Å². The third-order valence-corrected chi connectivity index (χ3v) is 4.25. The van der Waals surface area contributed by atoms with Crippen LogP contribution in [0.1, 0.15) is 25.5 Å². The van der Waals surface area contributed by atoms with Crippen LogP contribution in [0, 0.1) is 0 Å². The van der Waals surface area contributed by atoms with Gasteiger partial charge in [-0.05, 0) is 30.7 Å². The van der Waals surface area contributed by atoms with E-state index in [1.165, 1.54) is 6.92 Å². The normalized spacial score (nSPS) is 11.3. The van der Waals surface area contributed by atoms with Gasteiger partial charge in [0.1, 0.15) is 12.4 Å². The summed E-state index contributed by atoms with van der Waals surface area (Å²) in [4.78, 5) is 23.0. The van der Waals surface area contributed by atoms with Crippen molar-refractivity contribution in [3.8, 4) is 5.75 Å². The fourth-order valence-corrected chi connectivity index (χ4v) is 2.98. The summed E-state index contributed by atoms with van der Waals surface area (Å²) in [7, 11) is 0. The predicted octanol–water partition coefficient (Wildman–Crippen LogP) is 3.85. The molecule has 2 aromatic carbocycles. The lowest BCUT2D eigenvalue weighted by Crippen LogP contribution is -2.39. The molecule has 0 bridgehead atoms. The van der Waals surface area contributed by atoms with Crippen LogP contribution < -0.4 is 20.7 Å². The van der Waals surface area contributed by atoms with E-state index >= 15 is 0 Å². The third-order valence-electron chi connectivity index (χ3n) is 3.53. The van der Waals surface area contributed by atoms with Crippen molar-refractivity contribution >= 4 is 33.6 Å². The Labute approximate surface area is 161 Å². The molecule has 0 radical (unpaired) electrons. The van der Waals surface area contributed by atoms with Gasteiger partial charge in [0.2, 0.25) is 5.91 Å². The van der Waals surface area contributed by atoms with E-state index in [1.54, 1.807) is 24.3 Å². The Morgan fingerprint density at radius 1 is 1.15 bits per heavy atom. The molecule has 7 heteroatoms. The van der Waals surface area contributed by atoms with Crippen LogP contribution in [0.5, 0.6) is 5.75 Å². The minimum absolute atomic E-state index is 0.124. The fraction of sp³-hybridized carbons (Fsp3) is 0.263. The smallest absolute Gasteiger partial charge is 0.315 e. The van der Waals surface area contributed by atoms with Gasteiger partial charge in [0.25, 0.3) is 0 Å². The lowest BCUT2D eigenvalue weighted by atomic mass is 10.1. The number of rotatable bonds is 7. The van der Waals surface area contributed by atoms with E-state index < -0.39 is 0 Å². The number of hydrogen-bond acceptors (Lipinski definition) is 3. The Morgan fingerprint density at radius 3 is 2.65 bits per heavy atom. The number of nitrogens with one attached hydrogen (secondary N) is 3. The van der Waals surface area contributed by atoms with E-state index in [9.17, 15) is 9.59 Å². The fourth-order valence-electron chi connectivity index (χ4n) is 2.35. The maximum absolute atomic E-state index is 12.0. The quantitative estimate of drug-likeness (QED) is 0.596. The minimum Gasteiger partial charge on any atom is -0.492 e. The van der Waals surface area contributed by atoms with Crippen molar-refractivity contribution in [1.82, 2.24) is 10.6 Å². The summed E-state index contributed by atoms with van der Waals surface area (Å²) in [5.41, 5.74) is 1.68. The number of benzene rings is 2. The number of halogens is 1. The molecule has 0 aliphatic rings. The van der Waals surface area contributed by atoms with E-state index in [0.717, 1.165) is 10.0 Å². The maximum atomic E-state index is 12.0. The molecule has 0 spiro atoms. The summed E-state index contributed by atoms with van der Waals surface area (Å²) in [5, 5.41) is 8.34. The highest BCUT2D eigenvalue weighted by molar-refractivity contribution is 9.10. The van der Waals surface area contributed by atoms with Crippen LogP contribution in [0.15, 0.2) is 53.0 Å². The van der Waals surface area contributed by atoms with E-state index in [1.807, 2.05) is 31.2 Å². The molecular formula is C19H22BrN3O3. The predicted molar refractivity (Wildman–Crippen MR) is 105 cm³/mol. The Kier molecular flexibility index (Phi) is 7.47. The molecule has 0 fully saturated rings. The Balaban J connectivity index is 1.73. The highest BCUT2D eigenvalue weighted by Crippen LogP contribution is 2.22. The van der Waals surface area contributed by atoms with Gasteiger partial charge in [-0.2, -0.15) is 0 Å². The third kappa shape index (κ3) is 6.40. The molecule has 1 unspecified atom stereocenters. The van der Waals surface area contributed by atoms with E-state index in [-0.39, 0.29) is 18.0 Å². The summed E-state index contributed by atoms with van der Waals surface area (Å²) in [5.74, 6) is 0.486. The van der Waals surface area contributed by atoms with Crippen molar-refractivity contribution in [2.75, 3.05) is 18.5 Å². The first kappa shape index (κ1) is 19.8. The van der Waals surface area contributed by atoms with Gasteiger partial charge in [0.15, 0.2) is 0 Å². The average molecular weight is 420 g/mol. The molecule has 2 aromatic rings. The van der Waals surface area contributed by atoms with Gasteiger partial charge in [0, 0.05) is 23.2 Å². The summed E-state index contributed by atoms with van der Waals surface area (Å²) >= 11 is 3.48. The molecule has 0 aliphatic heterocycles. The van der Waals surface area contributed by atoms with E-state index in [4.69, 9.17) is 4.74 Å². The lowest BCUT2D eigenvalue weighted by molar-refractivity contribution is -0.114. The Hall–Kier alpha value is -2.54. The molecule has 0 saturated heterocycles. The van der Waals surface area contributed by atoms with Crippen LogP contribution in [0.2, 0.25) is 0 Å². The number of ether oxygens (including phenoxy) is 1. The van der Waals surface area contributed by atoms with E-state index in [0.29, 0.717) is 24.6 Å². The second-order valence-electron chi connectivity index (χ2n) is 5.70. The molecule has 3 N–H and O–H groups in total.